The van der Waals surface area contributed by atoms with Gasteiger partial charge in [-0.05, 0) is 49.2 Å². The molecular weight excluding hydrogens is 304 g/mol. The zero-order valence-corrected chi connectivity index (χ0v) is 12.9. The minimum absolute atomic E-state index is 0.0521. The van der Waals surface area contributed by atoms with Crippen molar-refractivity contribution in [1.29, 1.82) is 0 Å². The third-order valence-corrected chi connectivity index (χ3v) is 3.41. The maximum atomic E-state index is 11.7. The molecule has 0 spiro atoms. The van der Waals surface area contributed by atoms with Crippen molar-refractivity contribution >= 4 is 23.3 Å². The average molecular weight is 321 g/mol. The third kappa shape index (κ3) is 4.63. The highest BCUT2D eigenvalue weighted by Crippen LogP contribution is 2.21. The van der Waals surface area contributed by atoms with Crippen molar-refractivity contribution in [3.63, 3.8) is 0 Å². The lowest BCUT2D eigenvalue weighted by Gasteiger charge is -2.08. The molecule has 1 aromatic carbocycles. The number of benzene rings is 1. The van der Waals surface area contributed by atoms with E-state index in [0.717, 1.165) is 11.3 Å². The first-order chi connectivity index (χ1) is 10.6. The van der Waals surface area contributed by atoms with Gasteiger partial charge in [-0.3, -0.25) is 4.79 Å². The molecular formula is C16H17ClN2O3. The Balaban J connectivity index is 1.73. The van der Waals surface area contributed by atoms with Crippen LogP contribution in [0.25, 0.3) is 0 Å². The first kappa shape index (κ1) is 16.1. The summed E-state index contributed by atoms with van der Waals surface area (Å²) in [5, 5.41) is 12.8. The van der Waals surface area contributed by atoms with Crippen LogP contribution in [0.1, 0.15) is 18.4 Å². The fraction of sp³-hybridized carbons (Fsp3) is 0.250. The van der Waals surface area contributed by atoms with E-state index in [4.69, 9.17) is 16.3 Å². The molecule has 0 bridgehead atoms. The van der Waals surface area contributed by atoms with Crippen LogP contribution in [0.15, 0.2) is 36.5 Å². The van der Waals surface area contributed by atoms with Crippen molar-refractivity contribution in [1.82, 2.24) is 4.98 Å². The number of hydrogen-bond acceptors (Lipinski definition) is 4. The van der Waals surface area contributed by atoms with Gasteiger partial charge in [-0.25, -0.2) is 4.98 Å². The van der Waals surface area contributed by atoms with Crippen molar-refractivity contribution < 1.29 is 14.6 Å². The molecule has 0 saturated carbocycles. The number of hydrogen-bond donors (Lipinski definition) is 2. The summed E-state index contributed by atoms with van der Waals surface area (Å²) in [5.74, 6) is 0.625. The lowest BCUT2D eigenvalue weighted by molar-refractivity contribution is -0.116. The van der Waals surface area contributed by atoms with Crippen LogP contribution in [0, 0.1) is 6.92 Å². The Hall–Kier alpha value is -2.27. The second-order valence-electron chi connectivity index (χ2n) is 4.78. The molecule has 1 heterocycles. The second kappa shape index (κ2) is 7.66. The molecule has 2 rings (SSSR count). The summed E-state index contributed by atoms with van der Waals surface area (Å²) in [6.45, 7) is 2.32. The van der Waals surface area contributed by atoms with Crippen molar-refractivity contribution in [2.75, 3.05) is 11.9 Å². The Morgan fingerprint density at radius 3 is 2.95 bits per heavy atom. The number of pyridine rings is 1. The van der Waals surface area contributed by atoms with Gasteiger partial charge in [0, 0.05) is 17.6 Å². The first-order valence-electron chi connectivity index (χ1n) is 6.89. The van der Waals surface area contributed by atoms with Crippen LogP contribution in [0.2, 0.25) is 5.02 Å². The molecule has 6 heteroatoms. The molecule has 2 N–H and O–H groups in total. The topological polar surface area (TPSA) is 71.5 Å². The van der Waals surface area contributed by atoms with Crippen molar-refractivity contribution in [2.45, 2.75) is 19.8 Å². The van der Waals surface area contributed by atoms with Crippen molar-refractivity contribution in [3.8, 4) is 11.5 Å². The fourth-order valence-electron chi connectivity index (χ4n) is 1.82. The smallest absolute Gasteiger partial charge is 0.225 e. The van der Waals surface area contributed by atoms with Crippen LogP contribution < -0.4 is 10.1 Å². The van der Waals surface area contributed by atoms with Gasteiger partial charge >= 0.3 is 0 Å². The van der Waals surface area contributed by atoms with Gasteiger partial charge in [-0.15, -0.1) is 0 Å². The normalized spacial score (nSPS) is 10.3. The quantitative estimate of drug-likeness (QED) is 0.798. The van der Waals surface area contributed by atoms with E-state index in [-0.39, 0.29) is 23.9 Å². The van der Waals surface area contributed by atoms with E-state index < -0.39 is 0 Å². The number of aromatic hydroxyl groups is 1. The number of carbonyl (C=O) groups is 1. The van der Waals surface area contributed by atoms with E-state index in [1.165, 1.54) is 12.3 Å². The molecule has 1 amide bonds. The number of anilines is 1. The average Bonchev–Trinajstić information content (AvgIpc) is 2.49. The molecule has 116 valence electrons. The van der Waals surface area contributed by atoms with E-state index in [9.17, 15) is 9.90 Å². The monoisotopic (exact) mass is 320 g/mol. The van der Waals surface area contributed by atoms with Crippen LogP contribution in [0.4, 0.5) is 5.82 Å². The Morgan fingerprint density at radius 1 is 1.41 bits per heavy atom. The second-order valence-corrected chi connectivity index (χ2v) is 5.19. The Labute approximate surface area is 133 Å². The van der Waals surface area contributed by atoms with Gasteiger partial charge in [0.15, 0.2) is 11.6 Å². The molecule has 0 aliphatic rings. The number of amides is 1. The molecule has 5 nitrogen and oxygen atoms in total. The predicted molar refractivity (Wildman–Crippen MR) is 85.4 cm³/mol. The number of carbonyl (C=O) groups excluding carboxylic acids is 1. The standard InChI is InChI=1S/C16H17ClN2O3/c1-11-10-12(6-7-13(11)17)22-9-3-5-15(21)19-16-14(20)4-2-8-18-16/h2,4,6-8,10,20H,3,5,9H2,1H3,(H,18,19,21). The summed E-state index contributed by atoms with van der Waals surface area (Å²) >= 11 is 5.94. The summed E-state index contributed by atoms with van der Waals surface area (Å²) in [5.41, 5.74) is 0.947. The number of halogens is 1. The highest BCUT2D eigenvalue weighted by atomic mass is 35.5. The van der Waals surface area contributed by atoms with Gasteiger partial charge in [0.05, 0.1) is 6.61 Å². The van der Waals surface area contributed by atoms with Crippen LogP contribution in [-0.4, -0.2) is 22.6 Å². The summed E-state index contributed by atoms with van der Waals surface area (Å²) in [4.78, 5) is 15.6. The van der Waals surface area contributed by atoms with Crippen molar-refractivity contribution in [2.24, 2.45) is 0 Å². The summed E-state index contributed by atoms with van der Waals surface area (Å²) in [7, 11) is 0. The zero-order chi connectivity index (χ0) is 15.9. The van der Waals surface area contributed by atoms with E-state index in [2.05, 4.69) is 10.3 Å². The molecule has 0 unspecified atom stereocenters. The molecule has 1 aromatic heterocycles. The van der Waals surface area contributed by atoms with E-state index in [1.54, 1.807) is 18.2 Å². The highest BCUT2D eigenvalue weighted by Gasteiger charge is 2.07. The molecule has 0 atom stereocenters. The number of ether oxygens (including phenoxy) is 1. The highest BCUT2D eigenvalue weighted by molar-refractivity contribution is 6.31. The first-order valence-corrected chi connectivity index (χ1v) is 7.27. The Morgan fingerprint density at radius 2 is 2.23 bits per heavy atom. The van der Waals surface area contributed by atoms with Gasteiger partial charge in [0.25, 0.3) is 0 Å². The number of aryl methyl sites for hydroxylation is 1. The maximum absolute atomic E-state index is 11.7. The molecule has 0 radical (unpaired) electrons. The van der Waals surface area contributed by atoms with E-state index in [1.807, 2.05) is 13.0 Å². The summed E-state index contributed by atoms with van der Waals surface area (Å²) in [6.07, 6.45) is 2.34. The number of nitrogens with zero attached hydrogens (tertiary/aromatic N) is 1. The van der Waals surface area contributed by atoms with E-state index >= 15 is 0 Å². The number of rotatable bonds is 6. The largest absolute Gasteiger partial charge is 0.504 e. The Bertz CT molecular complexity index is 662. The van der Waals surface area contributed by atoms with Crippen LogP contribution in [0.3, 0.4) is 0 Å². The van der Waals surface area contributed by atoms with E-state index in [0.29, 0.717) is 18.1 Å². The molecule has 0 fully saturated rings. The van der Waals surface area contributed by atoms with Gasteiger partial charge in [0.2, 0.25) is 5.91 Å². The van der Waals surface area contributed by atoms with Gasteiger partial charge in [-0.2, -0.15) is 0 Å². The minimum atomic E-state index is -0.218. The van der Waals surface area contributed by atoms with Crippen molar-refractivity contribution in [3.05, 3.63) is 47.1 Å². The molecule has 22 heavy (non-hydrogen) atoms. The lowest BCUT2D eigenvalue weighted by Crippen LogP contribution is -2.13. The molecule has 0 saturated heterocycles. The zero-order valence-electron chi connectivity index (χ0n) is 12.2. The van der Waals surface area contributed by atoms with Crippen LogP contribution in [0.5, 0.6) is 11.5 Å². The van der Waals surface area contributed by atoms with Crippen LogP contribution >= 0.6 is 11.6 Å². The Kier molecular flexibility index (Phi) is 5.61. The third-order valence-electron chi connectivity index (χ3n) is 2.99. The molecule has 2 aromatic rings. The fourth-order valence-corrected chi connectivity index (χ4v) is 1.93. The molecule has 0 aliphatic heterocycles. The van der Waals surface area contributed by atoms with Gasteiger partial charge in [0.1, 0.15) is 5.75 Å². The summed E-state index contributed by atoms with van der Waals surface area (Å²) < 4.78 is 5.56. The predicted octanol–water partition coefficient (Wildman–Crippen LogP) is 3.55. The van der Waals surface area contributed by atoms with Gasteiger partial charge in [-0.1, -0.05) is 11.6 Å². The molecule has 0 aliphatic carbocycles. The lowest BCUT2D eigenvalue weighted by atomic mass is 10.2. The summed E-state index contributed by atoms with van der Waals surface area (Å²) in [6, 6.07) is 8.49. The number of nitrogens with one attached hydrogen (secondary N) is 1. The maximum Gasteiger partial charge on any atom is 0.225 e. The number of aromatic nitrogens is 1. The minimum Gasteiger partial charge on any atom is -0.504 e. The van der Waals surface area contributed by atoms with Crippen LogP contribution in [-0.2, 0) is 4.79 Å². The SMILES string of the molecule is Cc1cc(OCCCC(=O)Nc2ncccc2O)ccc1Cl. The van der Waals surface area contributed by atoms with Gasteiger partial charge < -0.3 is 15.2 Å².